The highest BCUT2D eigenvalue weighted by atomic mass is 16.6. The molecular weight excluding hydrogens is 390 g/mol. The Morgan fingerprint density at radius 2 is 1.74 bits per heavy atom. The van der Waals surface area contributed by atoms with Gasteiger partial charge in [0, 0.05) is 36.9 Å². The first-order valence-corrected chi connectivity index (χ1v) is 10.9. The van der Waals surface area contributed by atoms with Crippen molar-refractivity contribution >= 4 is 17.7 Å². The van der Waals surface area contributed by atoms with E-state index in [1.165, 1.54) is 11.1 Å². The van der Waals surface area contributed by atoms with Crippen LogP contribution in [0.2, 0.25) is 0 Å². The van der Waals surface area contributed by atoms with E-state index in [1.54, 1.807) is 24.3 Å². The van der Waals surface area contributed by atoms with Crippen LogP contribution in [0.3, 0.4) is 0 Å². The second-order valence-electron chi connectivity index (χ2n) is 9.22. The van der Waals surface area contributed by atoms with Crippen LogP contribution in [-0.2, 0) is 11.3 Å². The van der Waals surface area contributed by atoms with Crippen LogP contribution in [-0.4, -0.2) is 41.6 Å². The standard InChI is InChI=1S/C25H33N3O3/c1-18-6-5-7-19(16-18)17-28-14-12-22(13-15-28)26-23(29)20-8-10-21(11-9-20)27-24(30)31-25(2,3)4/h5-11,16,22H,12-15,17H2,1-4H3,(H,26,29)(H,27,30). The van der Waals surface area contributed by atoms with E-state index in [4.69, 9.17) is 4.74 Å². The van der Waals surface area contributed by atoms with Gasteiger partial charge < -0.3 is 10.1 Å². The van der Waals surface area contributed by atoms with Gasteiger partial charge in [0.15, 0.2) is 0 Å². The number of nitrogens with zero attached hydrogens (tertiary/aromatic N) is 1. The summed E-state index contributed by atoms with van der Waals surface area (Å²) >= 11 is 0. The third kappa shape index (κ3) is 7.40. The molecule has 1 aliphatic rings. The van der Waals surface area contributed by atoms with Crippen molar-refractivity contribution in [3.63, 3.8) is 0 Å². The molecule has 1 fully saturated rings. The first-order valence-electron chi connectivity index (χ1n) is 10.9. The lowest BCUT2D eigenvalue weighted by Gasteiger charge is -2.32. The highest BCUT2D eigenvalue weighted by molar-refractivity contribution is 5.95. The number of benzene rings is 2. The van der Waals surface area contributed by atoms with Crippen molar-refractivity contribution in [1.82, 2.24) is 10.2 Å². The van der Waals surface area contributed by atoms with Crippen molar-refractivity contribution in [2.75, 3.05) is 18.4 Å². The molecule has 2 aromatic carbocycles. The van der Waals surface area contributed by atoms with Crippen LogP contribution in [0.15, 0.2) is 48.5 Å². The molecule has 166 valence electrons. The van der Waals surface area contributed by atoms with Gasteiger partial charge in [-0.3, -0.25) is 15.0 Å². The molecule has 6 heteroatoms. The Balaban J connectivity index is 1.45. The van der Waals surface area contributed by atoms with E-state index in [9.17, 15) is 9.59 Å². The van der Waals surface area contributed by atoms with Crippen LogP contribution in [0.5, 0.6) is 0 Å². The number of carbonyl (C=O) groups excluding carboxylic acids is 2. The summed E-state index contributed by atoms with van der Waals surface area (Å²) in [6.07, 6.45) is 1.37. The van der Waals surface area contributed by atoms with Gasteiger partial charge >= 0.3 is 6.09 Å². The van der Waals surface area contributed by atoms with Gasteiger partial charge in [-0.15, -0.1) is 0 Å². The molecule has 1 saturated heterocycles. The van der Waals surface area contributed by atoms with Crippen LogP contribution < -0.4 is 10.6 Å². The maximum atomic E-state index is 12.6. The predicted molar refractivity (Wildman–Crippen MR) is 123 cm³/mol. The average Bonchev–Trinajstić information content (AvgIpc) is 2.68. The first kappa shape index (κ1) is 22.8. The van der Waals surface area contributed by atoms with Crippen LogP contribution in [0.25, 0.3) is 0 Å². The van der Waals surface area contributed by atoms with Gasteiger partial charge in [0.05, 0.1) is 0 Å². The highest BCUT2D eigenvalue weighted by Crippen LogP contribution is 2.17. The highest BCUT2D eigenvalue weighted by Gasteiger charge is 2.21. The van der Waals surface area contributed by atoms with Crippen molar-refractivity contribution in [3.8, 4) is 0 Å². The number of anilines is 1. The van der Waals surface area contributed by atoms with Crippen molar-refractivity contribution in [2.45, 2.75) is 58.7 Å². The maximum absolute atomic E-state index is 12.6. The normalized spacial score (nSPS) is 15.4. The van der Waals surface area contributed by atoms with Crippen LogP contribution in [0, 0.1) is 6.92 Å². The van der Waals surface area contributed by atoms with E-state index in [1.807, 2.05) is 20.8 Å². The van der Waals surface area contributed by atoms with Crippen molar-refractivity contribution in [1.29, 1.82) is 0 Å². The Hall–Kier alpha value is -2.86. The topological polar surface area (TPSA) is 70.7 Å². The fourth-order valence-corrected chi connectivity index (χ4v) is 3.70. The van der Waals surface area contributed by atoms with Gasteiger partial charge in [-0.25, -0.2) is 4.79 Å². The molecule has 0 saturated carbocycles. The molecule has 0 unspecified atom stereocenters. The number of amides is 2. The van der Waals surface area contributed by atoms with Crippen molar-refractivity contribution in [3.05, 3.63) is 65.2 Å². The summed E-state index contributed by atoms with van der Waals surface area (Å²) in [6, 6.07) is 15.7. The minimum absolute atomic E-state index is 0.0825. The Bertz CT molecular complexity index is 895. The van der Waals surface area contributed by atoms with E-state index in [0.717, 1.165) is 32.5 Å². The van der Waals surface area contributed by atoms with Gasteiger partial charge in [-0.2, -0.15) is 0 Å². The monoisotopic (exact) mass is 423 g/mol. The summed E-state index contributed by atoms with van der Waals surface area (Å²) < 4.78 is 5.24. The Kier molecular flexibility index (Phi) is 7.33. The van der Waals surface area contributed by atoms with E-state index < -0.39 is 11.7 Å². The molecule has 0 aliphatic carbocycles. The molecule has 0 radical (unpaired) electrons. The Morgan fingerprint density at radius 1 is 1.06 bits per heavy atom. The largest absolute Gasteiger partial charge is 0.444 e. The number of nitrogens with one attached hydrogen (secondary N) is 2. The molecule has 6 nitrogen and oxygen atoms in total. The fourth-order valence-electron chi connectivity index (χ4n) is 3.70. The number of hydrogen-bond acceptors (Lipinski definition) is 4. The third-order valence-electron chi connectivity index (χ3n) is 5.20. The minimum atomic E-state index is -0.556. The van der Waals surface area contributed by atoms with Gasteiger partial charge in [-0.05, 0) is 70.4 Å². The molecule has 1 heterocycles. The number of piperidine rings is 1. The number of aryl methyl sites for hydroxylation is 1. The Morgan fingerprint density at radius 3 is 2.35 bits per heavy atom. The molecule has 3 rings (SSSR count). The van der Waals surface area contributed by atoms with Gasteiger partial charge in [0.2, 0.25) is 0 Å². The van der Waals surface area contributed by atoms with E-state index in [-0.39, 0.29) is 11.9 Å². The minimum Gasteiger partial charge on any atom is -0.444 e. The molecule has 2 aromatic rings. The number of carbonyl (C=O) groups is 2. The zero-order valence-corrected chi connectivity index (χ0v) is 18.9. The number of likely N-dealkylation sites (tertiary alicyclic amines) is 1. The second-order valence-corrected chi connectivity index (χ2v) is 9.22. The summed E-state index contributed by atoms with van der Waals surface area (Å²) in [6.45, 7) is 10.4. The van der Waals surface area contributed by atoms with E-state index >= 15 is 0 Å². The fraction of sp³-hybridized carbons (Fsp3) is 0.440. The Labute approximate surface area is 185 Å². The van der Waals surface area contributed by atoms with E-state index in [2.05, 4.69) is 46.7 Å². The lowest BCUT2D eigenvalue weighted by atomic mass is 10.0. The van der Waals surface area contributed by atoms with Crippen LogP contribution in [0.1, 0.15) is 55.1 Å². The summed E-state index contributed by atoms with van der Waals surface area (Å²) in [4.78, 5) is 26.9. The average molecular weight is 424 g/mol. The summed E-state index contributed by atoms with van der Waals surface area (Å²) in [5.74, 6) is -0.0825. The molecule has 0 bridgehead atoms. The molecule has 31 heavy (non-hydrogen) atoms. The smallest absolute Gasteiger partial charge is 0.412 e. The molecule has 2 amide bonds. The second kappa shape index (κ2) is 9.96. The molecule has 0 spiro atoms. The molecular formula is C25H33N3O3. The SMILES string of the molecule is Cc1cccc(CN2CCC(NC(=O)c3ccc(NC(=O)OC(C)(C)C)cc3)CC2)c1. The van der Waals surface area contributed by atoms with Crippen LogP contribution in [0.4, 0.5) is 10.5 Å². The number of rotatable bonds is 5. The predicted octanol–water partition coefficient (Wildman–Crippen LogP) is 4.74. The molecule has 1 aliphatic heterocycles. The molecule has 2 N–H and O–H groups in total. The summed E-state index contributed by atoms with van der Waals surface area (Å²) in [7, 11) is 0. The summed E-state index contributed by atoms with van der Waals surface area (Å²) in [5, 5.41) is 5.82. The third-order valence-corrected chi connectivity index (χ3v) is 5.20. The van der Waals surface area contributed by atoms with E-state index in [0.29, 0.717) is 11.3 Å². The zero-order chi connectivity index (χ0) is 22.4. The van der Waals surface area contributed by atoms with Crippen molar-refractivity contribution in [2.24, 2.45) is 0 Å². The van der Waals surface area contributed by atoms with Gasteiger partial charge in [0.1, 0.15) is 5.60 Å². The van der Waals surface area contributed by atoms with Gasteiger partial charge in [0.25, 0.3) is 5.91 Å². The molecule has 0 aromatic heterocycles. The summed E-state index contributed by atoms with van der Waals surface area (Å²) in [5.41, 5.74) is 3.24. The number of hydrogen-bond donors (Lipinski definition) is 2. The maximum Gasteiger partial charge on any atom is 0.412 e. The number of ether oxygens (including phenoxy) is 1. The zero-order valence-electron chi connectivity index (χ0n) is 18.9. The lowest BCUT2D eigenvalue weighted by molar-refractivity contribution is 0.0635. The van der Waals surface area contributed by atoms with Crippen LogP contribution >= 0.6 is 0 Å². The van der Waals surface area contributed by atoms with Crippen molar-refractivity contribution < 1.29 is 14.3 Å². The first-order chi connectivity index (χ1) is 14.7. The van der Waals surface area contributed by atoms with Gasteiger partial charge in [-0.1, -0.05) is 29.8 Å². The quantitative estimate of drug-likeness (QED) is 0.729. The lowest BCUT2D eigenvalue weighted by Crippen LogP contribution is -2.44. The molecule has 0 atom stereocenters.